The Balaban J connectivity index is 1.64. The minimum absolute atomic E-state index is 0.165. The van der Waals surface area contributed by atoms with Gasteiger partial charge in [-0.1, -0.05) is 26.0 Å². The average Bonchev–Trinajstić information content (AvgIpc) is 3.26. The van der Waals surface area contributed by atoms with Gasteiger partial charge < -0.3 is 15.6 Å². The molecule has 1 atom stereocenters. The molecule has 1 aromatic carbocycles. The number of hydrogen-bond donors (Lipinski definition) is 3. The van der Waals surface area contributed by atoms with Crippen molar-refractivity contribution in [3.63, 3.8) is 0 Å². The normalized spacial score (nSPS) is 15.5. The third kappa shape index (κ3) is 4.89. The molecule has 8 heteroatoms. The summed E-state index contributed by atoms with van der Waals surface area (Å²) in [5.74, 6) is 6.43. The molecule has 0 saturated carbocycles. The molecule has 3 aromatic rings. The van der Waals surface area contributed by atoms with Crippen LogP contribution < -0.4 is 11.3 Å². The van der Waals surface area contributed by atoms with Crippen molar-refractivity contribution >= 4 is 5.91 Å². The third-order valence-electron chi connectivity index (χ3n) is 7.03. The number of nitrogens with two attached hydrogens (primary N) is 1. The van der Waals surface area contributed by atoms with Gasteiger partial charge in [0.2, 0.25) is 5.91 Å². The zero-order valence-electron chi connectivity index (χ0n) is 21.6. The molecule has 0 radical (unpaired) electrons. The zero-order valence-corrected chi connectivity index (χ0v) is 21.6. The van der Waals surface area contributed by atoms with Crippen molar-refractivity contribution < 1.29 is 4.79 Å². The zero-order chi connectivity index (χ0) is 25.4. The first kappa shape index (κ1) is 24.7. The van der Waals surface area contributed by atoms with Crippen LogP contribution in [0.2, 0.25) is 0 Å². The van der Waals surface area contributed by atoms with Gasteiger partial charge in [-0.2, -0.15) is 5.10 Å². The van der Waals surface area contributed by atoms with E-state index in [0.29, 0.717) is 12.0 Å². The third-order valence-corrected chi connectivity index (χ3v) is 7.03. The minimum Gasteiger partial charge on any atom is -0.341 e. The van der Waals surface area contributed by atoms with Gasteiger partial charge >= 0.3 is 0 Å². The van der Waals surface area contributed by atoms with E-state index in [1.807, 2.05) is 43.9 Å². The number of carbonyl (C=O) groups is 1. The lowest BCUT2D eigenvalue weighted by molar-refractivity contribution is -0.132. The summed E-state index contributed by atoms with van der Waals surface area (Å²) in [6.07, 6.45) is 4.56. The Kier molecular flexibility index (Phi) is 6.85. The van der Waals surface area contributed by atoms with E-state index in [2.05, 4.69) is 37.1 Å². The Morgan fingerprint density at radius 2 is 1.97 bits per heavy atom. The maximum atomic E-state index is 12.5. The molecule has 1 aliphatic carbocycles. The fourth-order valence-electron chi connectivity index (χ4n) is 5.05. The number of nitrogens with zero attached hydrogens (tertiary/aromatic N) is 4. The summed E-state index contributed by atoms with van der Waals surface area (Å²) >= 11 is 0. The summed E-state index contributed by atoms with van der Waals surface area (Å²) in [4.78, 5) is 16.4. The molecule has 0 bridgehead atoms. The minimum atomic E-state index is 0.165. The van der Waals surface area contributed by atoms with Crippen LogP contribution >= 0.6 is 0 Å². The molecule has 1 aliphatic rings. The summed E-state index contributed by atoms with van der Waals surface area (Å²) in [7, 11) is 5.78. The number of hydrogen-bond acceptors (Lipinski definition) is 5. The van der Waals surface area contributed by atoms with Crippen molar-refractivity contribution in [2.45, 2.75) is 52.0 Å². The summed E-state index contributed by atoms with van der Waals surface area (Å²) in [5.41, 5.74) is 8.81. The maximum Gasteiger partial charge on any atom is 0.236 e. The van der Waals surface area contributed by atoms with Crippen LogP contribution in [0.4, 0.5) is 0 Å². The molecule has 8 nitrogen and oxygen atoms in total. The maximum absolute atomic E-state index is 12.5. The van der Waals surface area contributed by atoms with E-state index in [0.717, 1.165) is 52.9 Å². The fourth-order valence-corrected chi connectivity index (χ4v) is 5.05. The van der Waals surface area contributed by atoms with Crippen molar-refractivity contribution in [1.29, 1.82) is 5.41 Å². The van der Waals surface area contributed by atoms with Gasteiger partial charge in [0.15, 0.2) is 0 Å². The number of aromatic nitrogens is 3. The van der Waals surface area contributed by atoms with E-state index in [-0.39, 0.29) is 17.9 Å². The van der Waals surface area contributed by atoms with E-state index in [9.17, 15) is 4.79 Å². The van der Waals surface area contributed by atoms with Gasteiger partial charge in [-0.05, 0) is 75.0 Å². The molecule has 4 N–H and O–H groups in total. The van der Waals surface area contributed by atoms with Crippen LogP contribution in [-0.2, 0) is 17.6 Å². The van der Waals surface area contributed by atoms with Gasteiger partial charge in [-0.15, -0.1) is 0 Å². The van der Waals surface area contributed by atoms with Crippen molar-refractivity contribution in [2.75, 3.05) is 33.5 Å². The summed E-state index contributed by atoms with van der Waals surface area (Å²) in [5, 5.41) is 16.0. The molecule has 0 spiro atoms. The topological polar surface area (TPSA) is 107 Å². The molecule has 0 aliphatic heterocycles. The van der Waals surface area contributed by atoms with Crippen molar-refractivity contribution in [3.05, 3.63) is 58.2 Å². The molecule has 186 valence electrons. The molecule has 35 heavy (non-hydrogen) atoms. The van der Waals surface area contributed by atoms with Crippen LogP contribution in [0.25, 0.3) is 22.5 Å². The number of benzene rings is 1. The molecular formula is C27H37N7O. The monoisotopic (exact) mass is 475 g/mol. The Bertz CT molecular complexity index is 1280. The molecule has 0 saturated heterocycles. The molecule has 1 amide bonds. The second-order valence-corrected chi connectivity index (χ2v) is 10.3. The van der Waals surface area contributed by atoms with Crippen LogP contribution in [0, 0.1) is 12.3 Å². The molecule has 1 unspecified atom stereocenters. The van der Waals surface area contributed by atoms with Gasteiger partial charge in [0.1, 0.15) is 5.49 Å². The standard InChI is InChI=1S/C27H37N7O/c1-16(2)24-25(30-31-26(24)21-11-17(3)27(28)34(29)14-21)20-8-7-19-13-22(10-9-18(19)12-20)33(6)23(35)15-32(4)5/h7-8,11-12,14,16,22,28H,9-10,13,15,29H2,1-6H3,(H,30,31). The van der Waals surface area contributed by atoms with Gasteiger partial charge in [0.25, 0.3) is 0 Å². The first-order chi connectivity index (χ1) is 16.6. The lowest BCUT2D eigenvalue weighted by Gasteiger charge is -2.33. The van der Waals surface area contributed by atoms with Crippen LogP contribution in [0.1, 0.15) is 48.4 Å². The molecule has 2 aromatic heterocycles. The average molecular weight is 476 g/mol. The lowest BCUT2D eigenvalue weighted by Crippen LogP contribution is -2.44. The van der Waals surface area contributed by atoms with Crippen LogP contribution in [0.15, 0.2) is 30.5 Å². The predicted molar refractivity (Wildman–Crippen MR) is 139 cm³/mol. The first-order valence-electron chi connectivity index (χ1n) is 12.2. The number of nitrogen functional groups attached to an aromatic ring is 1. The van der Waals surface area contributed by atoms with Crippen molar-refractivity contribution in [1.82, 2.24) is 24.7 Å². The quantitative estimate of drug-likeness (QED) is 0.476. The summed E-state index contributed by atoms with van der Waals surface area (Å²) < 4.78 is 1.35. The highest BCUT2D eigenvalue weighted by molar-refractivity contribution is 5.78. The molecule has 2 heterocycles. The number of aryl methyl sites for hydroxylation is 2. The van der Waals surface area contributed by atoms with E-state index < -0.39 is 0 Å². The number of likely N-dealkylation sites (N-methyl/N-ethyl adjacent to an activating group) is 2. The predicted octanol–water partition coefficient (Wildman–Crippen LogP) is 3.05. The largest absolute Gasteiger partial charge is 0.341 e. The van der Waals surface area contributed by atoms with Crippen molar-refractivity contribution in [2.24, 2.45) is 0 Å². The van der Waals surface area contributed by atoms with E-state index in [4.69, 9.17) is 16.4 Å². The number of aromatic amines is 1. The molecule has 4 rings (SSSR count). The van der Waals surface area contributed by atoms with Crippen LogP contribution in [0.3, 0.4) is 0 Å². The Morgan fingerprint density at radius 3 is 2.63 bits per heavy atom. The Morgan fingerprint density at radius 1 is 1.23 bits per heavy atom. The number of H-pyrrole nitrogens is 1. The lowest BCUT2D eigenvalue weighted by atomic mass is 9.85. The summed E-state index contributed by atoms with van der Waals surface area (Å²) in [6.45, 7) is 6.67. The van der Waals surface area contributed by atoms with E-state index in [1.165, 1.54) is 15.8 Å². The van der Waals surface area contributed by atoms with Crippen molar-refractivity contribution in [3.8, 4) is 22.5 Å². The van der Waals surface area contributed by atoms with Gasteiger partial charge in [-0.3, -0.25) is 20.0 Å². The van der Waals surface area contributed by atoms with Gasteiger partial charge in [0.05, 0.1) is 17.9 Å². The van der Waals surface area contributed by atoms with Crippen LogP contribution in [-0.4, -0.2) is 64.3 Å². The second kappa shape index (κ2) is 9.70. The number of rotatable bonds is 6. The fraction of sp³-hybridized carbons (Fsp3) is 0.444. The summed E-state index contributed by atoms with van der Waals surface area (Å²) in [6, 6.07) is 8.83. The molecule has 0 fully saturated rings. The SMILES string of the molecule is Cc1cc(-c2[nH]nc(-c3ccc4c(c3)CCC(N(C)C(=O)CN(C)C)C4)c2C(C)C)cn(N)c1=N. The highest BCUT2D eigenvalue weighted by atomic mass is 16.2. The number of nitrogens with one attached hydrogen (secondary N) is 2. The highest BCUT2D eigenvalue weighted by Gasteiger charge is 2.26. The van der Waals surface area contributed by atoms with Gasteiger partial charge in [0, 0.05) is 36.0 Å². The van der Waals surface area contributed by atoms with E-state index >= 15 is 0 Å². The number of fused-ring (bicyclic) bond motifs is 1. The van der Waals surface area contributed by atoms with E-state index in [1.54, 1.807) is 6.20 Å². The number of amides is 1. The Hall–Kier alpha value is -3.39. The van der Waals surface area contributed by atoms with Crippen LogP contribution in [0.5, 0.6) is 0 Å². The molecular weight excluding hydrogens is 438 g/mol. The van der Waals surface area contributed by atoms with Gasteiger partial charge in [-0.25, -0.2) is 0 Å². The number of pyridine rings is 1. The Labute approximate surface area is 207 Å². The smallest absolute Gasteiger partial charge is 0.236 e. The first-order valence-corrected chi connectivity index (χ1v) is 12.2. The highest BCUT2D eigenvalue weighted by Crippen LogP contribution is 2.37. The number of carbonyl (C=O) groups excluding carboxylic acids is 1. The second-order valence-electron chi connectivity index (χ2n) is 10.3.